The van der Waals surface area contributed by atoms with Crippen LogP contribution in [0.4, 0.5) is 0 Å². The molecule has 1 atom stereocenters. The van der Waals surface area contributed by atoms with Gasteiger partial charge >= 0.3 is 5.97 Å². The van der Waals surface area contributed by atoms with Crippen LogP contribution in [0.1, 0.15) is 37.0 Å². The first-order chi connectivity index (χ1) is 18.9. The zero-order valence-corrected chi connectivity index (χ0v) is 24.1. The van der Waals surface area contributed by atoms with E-state index in [0.29, 0.717) is 5.92 Å². The maximum Gasteiger partial charge on any atom is 0.328 e. The second-order valence-corrected chi connectivity index (χ2v) is 13.3. The van der Waals surface area contributed by atoms with Gasteiger partial charge in [0.25, 0.3) is 0 Å². The summed E-state index contributed by atoms with van der Waals surface area (Å²) in [6.45, 7) is 4.51. The number of aliphatic hydroxyl groups is 1. The standard InChI is InChI=1S/C32H38N2O5S/c1-32(2,20-24-17-26-7-4-5-8-27(26)18-24)33-21-29(35)22-34(3)40(38,39)30-10-6-9-28(19-30)25-14-11-23(12-15-25)13-16-31(36)37/h4-16,19,24,29,33,35H,17-18,20-22H2,1-3H3,(H,36,37)/t29-/m1/s1. The lowest BCUT2D eigenvalue weighted by Crippen LogP contribution is -2.47. The number of carboxylic acid groups (broad SMARTS) is 1. The number of benzene rings is 3. The molecular weight excluding hydrogens is 524 g/mol. The molecule has 212 valence electrons. The Morgan fingerprint density at radius 3 is 2.30 bits per heavy atom. The normalized spacial score (nSPS) is 15.0. The van der Waals surface area contributed by atoms with Crippen molar-refractivity contribution in [3.63, 3.8) is 0 Å². The van der Waals surface area contributed by atoms with E-state index in [4.69, 9.17) is 5.11 Å². The molecule has 1 aliphatic carbocycles. The second kappa shape index (κ2) is 12.5. The molecule has 3 N–H and O–H groups in total. The second-order valence-electron chi connectivity index (χ2n) is 11.3. The Hall–Kier alpha value is -3.30. The molecule has 40 heavy (non-hydrogen) atoms. The number of aliphatic hydroxyl groups excluding tert-OH is 1. The van der Waals surface area contributed by atoms with Gasteiger partial charge < -0.3 is 15.5 Å². The first-order valence-electron chi connectivity index (χ1n) is 13.5. The predicted molar refractivity (Wildman–Crippen MR) is 158 cm³/mol. The van der Waals surface area contributed by atoms with Gasteiger partial charge in [-0.15, -0.1) is 0 Å². The molecule has 1 aliphatic rings. The van der Waals surface area contributed by atoms with Crippen molar-refractivity contribution in [2.24, 2.45) is 5.92 Å². The molecule has 3 aromatic rings. The molecule has 0 saturated heterocycles. The molecule has 0 fully saturated rings. The highest BCUT2D eigenvalue weighted by atomic mass is 32.2. The fourth-order valence-electron chi connectivity index (χ4n) is 5.41. The van der Waals surface area contributed by atoms with Gasteiger partial charge in [-0.2, -0.15) is 4.31 Å². The van der Waals surface area contributed by atoms with Crippen molar-refractivity contribution in [2.75, 3.05) is 20.1 Å². The van der Waals surface area contributed by atoms with Crippen LogP contribution in [0, 0.1) is 5.92 Å². The minimum absolute atomic E-state index is 0.0326. The largest absolute Gasteiger partial charge is 0.478 e. The van der Waals surface area contributed by atoms with Crippen molar-refractivity contribution in [1.82, 2.24) is 9.62 Å². The highest BCUT2D eigenvalue weighted by molar-refractivity contribution is 7.89. The van der Waals surface area contributed by atoms with E-state index < -0.39 is 22.1 Å². The number of hydrogen-bond donors (Lipinski definition) is 3. The fourth-order valence-corrected chi connectivity index (χ4v) is 6.67. The van der Waals surface area contributed by atoms with Gasteiger partial charge in [-0.3, -0.25) is 0 Å². The average Bonchev–Trinajstić information content (AvgIpc) is 3.32. The highest BCUT2D eigenvalue weighted by Crippen LogP contribution is 2.32. The smallest absolute Gasteiger partial charge is 0.328 e. The highest BCUT2D eigenvalue weighted by Gasteiger charge is 2.29. The Morgan fingerprint density at radius 1 is 1.02 bits per heavy atom. The van der Waals surface area contributed by atoms with Gasteiger partial charge in [0.05, 0.1) is 11.0 Å². The summed E-state index contributed by atoms with van der Waals surface area (Å²) in [6, 6.07) is 22.4. The summed E-state index contributed by atoms with van der Waals surface area (Å²) < 4.78 is 27.8. The van der Waals surface area contributed by atoms with E-state index in [9.17, 15) is 18.3 Å². The van der Waals surface area contributed by atoms with Crippen molar-refractivity contribution in [3.8, 4) is 11.1 Å². The summed E-state index contributed by atoms with van der Waals surface area (Å²) in [4.78, 5) is 10.9. The number of likely N-dealkylation sites (N-methyl/N-ethyl adjacent to an activating group) is 1. The first kappa shape index (κ1) is 29.7. The molecule has 0 saturated carbocycles. The third-order valence-corrected chi connectivity index (χ3v) is 9.24. The molecule has 8 heteroatoms. The van der Waals surface area contributed by atoms with Crippen LogP contribution >= 0.6 is 0 Å². The number of rotatable bonds is 12. The van der Waals surface area contributed by atoms with Gasteiger partial charge in [0.2, 0.25) is 10.0 Å². The summed E-state index contributed by atoms with van der Waals surface area (Å²) in [5, 5.41) is 23.0. The lowest BCUT2D eigenvalue weighted by atomic mass is 9.88. The Kier molecular flexibility index (Phi) is 9.26. The Labute approximate surface area is 237 Å². The van der Waals surface area contributed by atoms with Gasteiger partial charge in [-0.25, -0.2) is 13.2 Å². The molecule has 0 spiro atoms. The van der Waals surface area contributed by atoms with Crippen molar-refractivity contribution < 1.29 is 23.4 Å². The van der Waals surface area contributed by atoms with Crippen LogP contribution < -0.4 is 5.32 Å². The number of nitrogens with one attached hydrogen (secondary N) is 1. The predicted octanol–water partition coefficient (Wildman–Crippen LogP) is 4.61. The van der Waals surface area contributed by atoms with Crippen molar-refractivity contribution in [2.45, 2.75) is 49.6 Å². The maximum atomic E-state index is 13.3. The molecule has 4 rings (SSSR count). The number of nitrogens with zero attached hydrogens (tertiary/aromatic N) is 1. The zero-order chi connectivity index (χ0) is 28.9. The van der Waals surface area contributed by atoms with Gasteiger partial charge in [0, 0.05) is 31.8 Å². The van der Waals surface area contributed by atoms with Crippen LogP contribution in [0.3, 0.4) is 0 Å². The summed E-state index contributed by atoms with van der Waals surface area (Å²) >= 11 is 0. The third kappa shape index (κ3) is 7.67. The van der Waals surface area contributed by atoms with Gasteiger partial charge in [-0.05, 0) is 85.1 Å². The van der Waals surface area contributed by atoms with E-state index in [0.717, 1.165) is 42.0 Å². The quantitative estimate of drug-likeness (QED) is 0.279. The van der Waals surface area contributed by atoms with Crippen LogP contribution in [0.25, 0.3) is 17.2 Å². The summed E-state index contributed by atoms with van der Waals surface area (Å²) in [5.74, 6) is -0.476. The monoisotopic (exact) mass is 562 g/mol. The van der Waals surface area contributed by atoms with Gasteiger partial charge in [-0.1, -0.05) is 60.7 Å². The SMILES string of the molecule is CN(C[C@H](O)CNC(C)(C)CC1Cc2ccccc2C1)S(=O)(=O)c1cccc(-c2ccc(C=CC(=O)O)cc2)c1. The van der Waals surface area contributed by atoms with Crippen molar-refractivity contribution >= 4 is 22.1 Å². The zero-order valence-electron chi connectivity index (χ0n) is 23.2. The van der Waals surface area contributed by atoms with Crippen molar-refractivity contribution in [3.05, 3.63) is 95.6 Å². The molecule has 7 nitrogen and oxygen atoms in total. The van der Waals surface area contributed by atoms with Crippen LogP contribution in [-0.4, -0.2) is 60.7 Å². The molecule has 0 aliphatic heterocycles. The summed E-state index contributed by atoms with van der Waals surface area (Å²) in [5.41, 5.74) is 4.91. The lowest BCUT2D eigenvalue weighted by Gasteiger charge is -2.31. The fraction of sp³-hybridized carbons (Fsp3) is 0.344. The topological polar surface area (TPSA) is 107 Å². The number of β-amino-alcohol motifs (C(OH)–C–C–N with tert-alkyl or cyclic N) is 1. The van der Waals surface area contributed by atoms with E-state index in [1.165, 1.54) is 28.6 Å². The maximum absolute atomic E-state index is 13.3. The van der Waals surface area contributed by atoms with Crippen molar-refractivity contribution in [1.29, 1.82) is 0 Å². The molecule has 0 radical (unpaired) electrons. The number of sulfonamides is 1. The molecule has 0 heterocycles. The Bertz CT molecular complexity index is 1440. The third-order valence-electron chi connectivity index (χ3n) is 7.42. The average molecular weight is 563 g/mol. The van der Waals surface area contributed by atoms with Crippen LogP contribution in [0.5, 0.6) is 0 Å². The van der Waals surface area contributed by atoms with E-state index in [1.807, 2.05) is 18.2 Å². The van der Waals surface area contributed by atoms with E-state index >= 15 is 0 Å². The molecular formula is C32H38N2O5S. The van der Waals surface area contributed by atoms with Gasteiger partial charge in [0.1, 0.15) is 0 Å². The number of carbonyl (C=O) groups is 1. The van der Waals surface area contributed by atoms with E-state index in [-0.39, 0.29) is 23.5 Å². The number of fused-ring (bicyclic) bond motifs is 1. The Morgan fingerprint density at radius 2 is 1.68 bits per heavy atom. The molecule has 0 unspecified atom stereocenters. The van der Waals surface area contributed by atoms with Crippen LogP contribution in [-0.2, 0) is 27.7 Å². The molecule has 0 aromatic heterocycles. The minimum atomic E-state index is -3.82. The molecule has 0 bridgehead atoms. The van der Waals surface area contributed by atoms with E-state index in [2.05, 4.69) is 43.4 Å². The molecule has 0 amide bonds. The minimum Gasteiger partial charge on any atom is -0.478 e. The first-order valence-corrected chi connectivity index (χ1v) is 14.9. The summed E-state index contributed by atoms with van der Waals surface area (Å²) in [7, 11) is -2.34. The van der Waals surface area contributed by atoms with E-state index in [1.54, 1.807) is 30.3 Å². The lowest BCUT2D eigenvalue weighted by molar-refractivity contribution is -0.131. The summed E-state index contributed by atoms with van der Waals surface area (Å²) in [6.07, 6.45) is 4.79. The van der Waals surface area contributed by atoms with Gasteiger partial charge in [0.15, 0.2) is 0 Å². The Balaban J connectivity index is 1.33. The molecule has 3 aromatic carbocycles. The number of hydrogen-bond acceptors (Lipinski definition) is 5. The number of aliphatic carboxylic acids is 1. The van der Waals surface area contributed by atoms with Crippen LogP contribution in [0.15, 0.2) is 83.8 Å². The number of carboxylic acids is 1. The van der Waals surface area contributed by atoms with Crippen LogP contribution in [0.2, 0.25) is 0 Å².